The number of hydrogen-bond acceptors (Lipinski definition) is 4. The first-order valence-corrected chi connectivity index (χ1v) is 7.91. The Balaban J connectivity index is 2.20. The fraction of sp³-hybridized carbons (Fsp3) is 0.533. The third-order valence-corrected chi connectivity index (χ3v) is 4.58. The van der Waals surface area contributed by atoms with Crippen LogP contribution in [0.5, 0.6) is 0 Å². The average Bonchev–Trinajstić information content (AvgIpc) is 2.40. The van der Waals surface area contributed by atoms with Crippen LogP contribution < -0.4 is 5.32 Å². The maximum Gasteiger partial charge on any atom is 0.332 e. The lowest BCUT2D eigenvalue weighted by atomic mass is 9.94. The zero-order chi connectivity index (χ0) is 13.7. The number of thioether (sulfide) groups is 1. The molecule has 1 aromatic rings. The van der Waals surface area contributed by atoms with E-state index in [9.17, 15) is 4.79 Å². The Morgan fingerprint density at radius 1 is 1.53 bits per heavy atom. The molecule has 1 aliphatic heterocycles. The van der Waals surface area contributed by atoms with E-state index in [0.717, 1.165) is 30.0 Å². The molecule has 1 heterocycles. The van der Waals surface area contributed by atoms with Gasteiger partial charge >= 0.3 is 5.97 Å². The summed E-state index contributed by atoms with van der Waals surface area (Å²) in [5, 5.41) is 3.42. The summed E-state index contributed by atoms with van der Waals surface area (Å²) in [6.45, 7) is 4.34. The fourth-order valence-electron chi connectivity index (χ4n) is 2.37. The lowest BCUT2D eigenvalue weighted by molar-refractivity contribution is -0.148. The first-order valence-electron chi connectivity index (χ1n) is 6.76. The second-order valence-corrected chi connectivity index (χ2v) is 6.06. The van der Waals surface area contributed by atoms with Gasteiger partial charge in [0.15, 0.2) is 0 Å². The van der Waals surface area contributed by atoms with Crippen molar-refractivity contribution in [1.82, 2.24) is 0 Å². The Bertz CT molecular complexity index is 442. The van der Waals surface area contributed by atoms with E-state index in [1.165, 1.54) is 5.56 Å². The molecule has 19 heavy (non-hydrogen) atoms. The zero-order valence-electron chi connectivity index (χ0n) is 11.6. The molecule has 0 bridgehead atoms. The number of aryl methyl sites for hydroxylation is 1. The van der Waals surface area contributed by atoms with E-state index in [1.807, 2.05) is 30.8 Å². The van der Waals surface area contributed by atoms with Crippen molar-refractivity contribution >= 4 is 23.4 Å². The van der Waals surface area contributed by atoms with Crippen molar-refractivity contribution in [3.8, 4) is 0 Å². The standard InChI is InChI=1S/C15H21NO2S/c1-3-18-14(17)15(8-5-9-19-11-15)16-13-7-4-6-12(2)10-13/h4,6-7,10,16H,3,5,8-9,11H2,1-2H3. The highest BCUT2D eigenvalue weighted by Gasteiger charge is 2.41. The van der Waals surface area contributed by atoms with E-state index >= 15 is 0 Å². The summed E-state index contributed by atoms with van der Waals surface area (Å²) in [7, 11) is 0. The summed E-state index contributed by atoms with van der Waals surface area (Å²) in [5.41, 5.74) is 1.62. The first kappa shape index (κ1) is 14.3. The van der Waals surface area contributed by atoms with Gasteiger partial charge < -0.3 is 10.1 Å². The number of rotatable bonds is 4. The molecule has 2 rings (SSSR count). The van der Waals surface area contributed by atoms with E-state index in [1.54, 1.807) is 0 Å². The SMILES string of the molecule is CCOC(=O)C1(Nc2cccc(C)c2)CCCSC1. The molecule has 104 valence electrons. The van der Waals surface area contributed by atoms with Crippen LogP contribution >= 0.6 is 11.8 Å². The summed E-state index contributed by atoms with van der Waals surface area (Å²) in [5.74, 6) is 1.78. The van der Waals surface area contributed by atoms with Gasteiger partial charge in [-0.05, 0) is 50.1 Å². The van der Waals surface area contributed by atoms with Crippen LogP contribution in [-0.2, 0) is 9.53 Å². The van der Waals surface area contributed by atoms with E-state index in [4.69, 9.17) is 4.74 Å². The Morgan fingerprint density at radius 3 is 3.00 bits per heavy atom. The predicted molar refractivity (Wildman–Crippen MR) is 80.7 cm³/mol. The Morgan fingerprint density at radius 2 is 2.37 bits per heavy atom. The molecule has 0 radical (unpaired) electrons. The molecule has 0 aromatic heterocycles. The Labute approximate surface area is 119 Å². The number of hydrogen-bond donors (Lipinski definition) is 1. The molecule has 1 aliphatic rings. The molecule has 1 unspecified atom stereocenters. The van der Waals surface area contributed by atoms with Crippen LogP contribution in [0.3, 0.4) is 0 Å². The lowest BCUT2D eigenvalue weighted by Gasteiger charge is -2.36. The molecule has 1 saturated heterocycles. The van der Waals surface area contributed by atoms with Crippen molar-refractivity contribution in [2.45, 2.75) is 32.2 Å². The number of benzene rings is 1. The maximum absolute atomic E-state index is 12.3. The van der Waals surface area contributed by atoms with Gasteiger partial charge in [0.25, 0.3) is 0 Å². The molecule has 1 fully saturated rings. The number of anilines is 1. The van der Waals surface area contributed by atoms with E-state index in [-0.39, 0.29) is 5.97 Å². The van der Waals surface area contributed by atoms with E-state index in [2.05, 4.69) is 24.4 Å². The highest BCUT2D eigenvalue weighted by atomic mass is 32.2. The van der Waals surface area contributed by atoms with Gasteiger partial charge in [0.1, 0.15) is 5.54 Å². The second kappa shape index (κ2) is 6.33. The number of ether oxygens (including phenoxy) is 1. The fourth-order valence-corrected chi connectivity index (χ4v) is 3.55. The van der Waals surface area contributed by atoms with Crippen LogP contribution in [0.25, 0.3) is 0 Å². The topological polar surface area (TPSA) is 38.3 Å². The Hall–Kier alpha value is -1.16. The van der Waals surface area contributed by atoms with Crippen molar-refractivity contribution in [2.24, 2.45) is 0 Å². The summed E-state index contributed by atoms with van der Waals surface area (Å²) in [6, 6.07) is 8.14. The number of esters is 1. The average molecular weight is 279 g/mol. The molecule has 1 aromatic carbocycles. The van der Waals surface area contributed by atoms with Gasteiger partial charge in [-0.1, -0.05) is 12.1 Å². The third kappa shape index (κ3) is 3.44. The van der Waals surface area contributed by atoms with Crippen molar-refractivity contribution in [2.75, 3.05) is 23.4 Å². The largest absolute Gasteiger partial charge is 0.464 e. The normalized spacial score (nSPS) is 22.8. The molecular weight excluding hydrogens is 258 g/mol. The Kier molecular flexibility index (Phi) is 4.75. The number of nitrogens with one attached hydrogen (secondary N) is 1. The second-order valence-electron chi connectivity index (χ2n) is 4.95. The van der Waals surface area contributed by atoms with Crippen LogP contribution in [0.4, 0.5) is 5.69 Å². The van der Waals surface area contributed by atoms with Gasteiger partial charge in [-0.15, -0.1) is 0 Å². The van der Waals surface area contributed by atoms with Crippen LogP contribution in [0.2, 0.25) is 0 Å². The molecule has 0 spiro atoms. The minimum Gasteiger partial charge on any atom is -0.464 e. The van der Waals surface area contributed by atoms with Crippen molar-refractivity contribution in [3.63, 3.8) is 0 Å². The highest BCUT2D eigenvalue weighted by Crippen LogP contribution is 2.31. The molecular formula is C15H21NO2S. The number of carbonyl (C=O) groups excluding carboxylic acids is 1. The van der Waals surface area contributed by atoms with Gasteiger partial charge in [0, 0.05) is 11.4 Å². The van der Waals surface area contributed by atoms with Crippen LogP contribution in [-0.4, -0.2) is 29.6 Å². The van der Waals surface area contributed by atoms with Crippen LogP contribution in [0.1, 0.15) is 25.3 Å². The highest BCUT2D eigenvalue weighted by molar-refractivity contribution is 7.99. The van der Waals surface area contributed by atoms with Crippen LogP contribution in [0.15, 0.2) is 24.3 Å². The summed E-state index contributed by atoms with van der Waals surface area (Å²) in [6.07, 6.45) is 1.88. The van der Waals surface area contributed by atoms with Crippen molar-refractivity contribution in [1.29, 1.82) is 0 Å². The first-order chi connectivity index (χ1) is 9.16. The van der Waals surface area contributed by atoms with Crippen LogP contribution in [0, 0.1) is 6.92 Å². The quantitative estimate of drug-likeness (QED) is 0.859. The van der Waals surface area contributed by atoms with Crippen molar-refractivity contribution < 1.29 is 9.53 Å². The summed E-state index contributed by atoms with van der Waals surface area (Å²) in [4.78, 5) is 12.3. The lowest BCUT2D eigenvalue weighted by Crippen LogP contribution is -2.51. The van der Waals surface area contributed by atoms with Crippen molar-refractivity contribution in [3.05, 3.63) is 29.8 Å². The van der Waals surface area contributed by atoms with E-state index < -0.39 is 5.54 Å². The van der Waals surface area contributed by atoms with Gasteiger partial charge in [0.05, 0.1) is 6.61 Å². The summed E-state index contributed by atoms with van der Waals surface area (Å²) < 4.78 is 5.27. The molecule has 0 amide bonds. The third-order valence-electron chi connectivity index (χ3n) is 3.31. The minimum absolute atomic E-state index is 0.122. The van der Waals surface area contributed by atoms with E-state index in [0.29, 0.717) is 6.61 Å². The monoisotopic (exact) mass is 279 g/mol. The number of carbonyl (C=O) groups is 1. The molecule has 4 heteroatoms. The molecule has 1 atom stereocenters. The molecule has 0 aliphatic carbocycles. The van der Waals surface area contributed by atoms with Gasteiger partial charge in [-0.2, -0.15) is 11.8 Å². The minimum atomic E-state index is -0.563. The van der Waals surface area contributed by atoms with Gasteiger partial charge in [-0.25, -0.2) is 4.79 Å². The molecule has 1 N–H and O–H groups in total. The molecule has 0 saturated carbocycles. The predicted octanol–water partition coefficient (Wildman–Crippen LogP) is 3.24. The summed E-state index contributed by atoms with van der Waals surface area (Å²) >= 11 is 1.82. The van der Waals surface area contributed by atoms with Gasteiger partial charge in [-0.3, -0.25) is 0 Å². The zero-order valence-corrected chi connectivity index (χ0v) is 12.4. The smallest absolute Gasteiger partial charge is 0.332 e. The van der Waals surface area contributed by atoms with Gasteiger partial charge in [0.2, 0.25) is 0 Å². The molecule has 3 nitrogen and oxygen atoms in total. The maximum atomic E-state index is 12.3.